The summed E-state index contributed by atoms with van der Waals surface area (Å²) < 4.78 is 40.4. The third-order valence-electron chi connectivity index (χ3n) is 4.27. The Morgan fingerprint density at radius 2 is 1.67 bits per heavy atom. The van der Waals surface area contributed by atoms with E-state index in [2.05, 4.69) is 11.8 Å². The first-order valence-electron chi connectivity index (χ1n) is 8.19. The van der Waals surface area contributed by atoms with Crippen LogP contribution in [0.2, 0.25) is 0 Å². The van der Waals surface area contributed by atoms with Crippen LogP contribution in [0.4, 0.5) is 13.2 Å². The van der Waals surface area contributed by atoms with Crippen molar-refractivity contribution >= 4 is 5.91 Å². The lowest BCUT2D eigenvalue weighted by Gasteiger charge is -2.13. The third-order valence-corrected chi connectivity index (χ3v) is 4.27. The van der Waals surface area contributed by atoms with Gasteiger partial charge >= 0.3 is 6.18 Å². The first-order valence-corrected chi connectivity index (χ1v) is 8.19. The van der Waals surface area contributed by atoms with Gasteiger partial charge in [0.1, 0.15) is 0 Å². The Kier molecular flexibility index (Phi) is 5.22. The molecule has 1 heterocycles. The van der Waals surface area contributed by atoms with Crippen molar-refractivity contribution in [1.29, 1.82) is 0 Å². The number of β-amino-alcohol motifs (C(OH)–C–C–N with tert-alkyl or cyclic N) is 2. The number of nitrogens with zero attached hydrogens (tertiary/aromatic N) is 1. The van der Waals surface area contributed by atoms with Crippen LogP contribution in [0.5, 0.6) is 0 Å². The van der Waals surface area contributed by atoms with Crippen molar-refractivity contribution in [2.75, 3.05) is 13.1 Å². The highest BCUT2D eigenvalue weighted by atomic mass is 19.4. The number of amides is 1. The smallest absolute Gasteiger partial charge is 0.388 e. The van der Waals surface area contributed by atoms with Gasteiger partial charge in [-0.3, -0.25) is 4.79 Å². The fourth-order valence-electron chi connectivity index (χ4n) is 2.87. The monoisotopic (exact) mass is 375 g/mol. The average Bonchev–Trinajstić information content (AvgIpc) is 2.98. The van der Waals surface area contributed by atoms with E-state index >= 15 is 0 Å². The van der Waals surface area contributed by atoms with Crippen molar-refractivity contribution in [3.63, 3.8) is 0 Å². The zero-order chi connectivity index (χ0) is 19.6. The summed E-state index contributed by atoms with van der Waals surface area (Å²) in [5.41, 5.74) is -0.318. The van der Waals surface area contributed by atoms with Gasteiger partial charge in [0.05, 0.1) is 30.9 Å². The Morgan fingerprint density at radius 1 is 1.04 bits per heavy atom. The van der Waals surface area contributed by atoms with E-state index in [-0.39, 0.29) is 24.2 Å². The molecule has 4 nitrogen and oxygen atoms in total. The molecule has 7 heteroatoms. The number of halogens is 3. The van der Waals surface area contributed by atoms with E-state index in [0.717, 1.165) is 11.0 Å². The molecule has 3 rings (SSSR count). The molecule has 0 radical (unpaired) electrons. The molecule has 0 spiro atoms. The van der Waals surface area contributed by atoms with E-state index in [0.29, 0.717) is 5.56 Å². The highest BCUT2D eigenvalue weighted by molar-refractivity contribution is 5.94. The average molecular weight is 375 g/mol. The molecule has 0 aromatic heterocycles. The van der Waals surface area contributed by atoms with E-state index in [9.17, 15) is 28.2 Å². The fourth-order valence-corrected chi connectivity index (χ4v) is 2.87. The SMILES string of the molecule is O=C(C#Cc1ccc(-c2ccccc2)c(C(F)(F)F)c1)N1C[C@H](O)[C@@H](O)C1. The van der Waals surface area contributed by atoms with Crippen LogP contribution < -0.4 is 0 Å². The summed E-state index contributed by atoms with van der Waals surface area (Å²) in [7, 11) is 0. The van der Waals surface area contributed by atoms with E-state index < -0.39 is 29.9 Å². The Hall–Kier alpha value is -2.82. The normalized spacial score (nSPS) is 19.5. The topological polar surface area (TPSA) is 60.8 Å². The highest BCUT2D eigenvalue weighted by Crippen LogP contribution is 2.37. The molecule has 0 bridgehead atoms. The molecule has 1 amide bonds. The van der Waals surface area contributed by atoms with Crippen molar-refractivity contribution in [3.05, 3.63) is 59.7 Å². The molecule has 0 unspecified atom stereocenters. The van der Waals surface area contributed by atoms with E-state index in [1.807, 2.05) is 0 Å². The summed E-state index contributed by atoms with van der Waals surface area (Å²) in [4.78, 5) is 13.1. The Morgan fingerprint density at radius 3 is 2.26 bits per heavy atom. The lowest BCUT2D eigenvalue weighted by Crippen LogP contribution is -2.28. The summed E-state index contributed by atoms with van der Waals surface area (Å²) >= 11 is 0. The maximum Gasteiger partial charge on any atom is 0.417 e. The zero-order valence-corrected chi connectivity index (χ0v) is 14.1. The number of alkyl halides is 3. The Labute approximate surface area is 153 Å². The van der Waals surface area contributed by atoms with Gasteiger partial charge in [-0.1, -0.05) is 42.3 Å². The number of aliphatic hydroxyl groups excluding tert-OH is 2. The van der Waals surface area contributed by atoms with Crippen LogP contribution in [0.3, 0.4) is 0 Å². The highest BCUT2D eigenvalue weighted by Gasteiger charge is 2.34. The third kappa shape index (κ3) is 4.30. The molecule has 1 aliphatic heterocycles. The summed E-state index contributed by atoms with van der Waals surface area (Å²) in [5.74, 6) is 4.04. The molecule has 2 N–H and O–H groups in total. The van der Waals surface area contributed by atoms with E-state index in [1.54, 1.807) is 30.3 Å². The number of likely N-dealkylation sites (tertiary alicyclic amines) is 1. The summed E-state index contributed by atoms with van der Waals surface area (Å²) in [6, 6.07) is 11.9. The molecular weight excluding hydrogens is 359 g/mol. The predicted molar refractivity (Wildman–Crippen MR) is 92.4 cm³/mol. The first-order chi connectivity index (χ1) is 12.8. The molecule has 27 heavy (non-hydrogen) atoms. The van der Waals surface area contributed by atoms with Crippen molar-refractivity contribution in [1.82, 2.24) is 4.90 Å². The van der Waals surface area contributed by atoms with Gasteiger partial charge in [-0.25, -0.2) is 0 Å². The number of benzene rings is 2. The summed E-state index contributed by atoms with van der Waals surface area (Å²) in [6.45, 7) is -0.120. The molecular formula is C20H16F3NO3. The quantitative estimate of drug-likeness (QED) is 0.752. The van der Waals surface area contributed by atoms with Crippen LogP contribution >= 0.6 is 0 Å². The van der Waals surface area contributed by atoms with E-state index in [4.69, 9.17) is 0 Å². The van der Waals surface area contributed by atoms with Crippen LogP contribution in [0.25, 0.3) is 11.1 Å². The van der Waals surface area contributed by atoms with Gasteiger partial charge in [0.2, 0.25) is 0 Å². The van der Waals surface area contributed by atoms with Gasteiger partial charge in [0.25, 0.3) is 5.91 Å². The standard InChI is InChI=1S/C20H16F3NO3/c21-20(22,23)16-10-13(6-8-15(16)14-4-2-1-3-5-14)7-9-19(27)24-11-17(25)18(26)12-24/h1-6,8,10,17-18,25-26H,11-12H2/t17-,18-/m0/s1. The lowest BCUT2D eigenvalue weighted by molar-refractivity contribution is -0.137. The van der Waals surface area contributed by atoms with Crippen LogP contribution in [-0.2, 0) is 11.0 Å². The summed E-state index contributed by atoms with van der Waals surface area (Å²) in [5, 5.41) is 18.9. The second-order valence-corrected chi connectivity index (χ2v) is 6.22. The zero-order valence-electron chi connectivity index (χ0n) is 14.1. The molecule has 2 atom stereocenters. The van der Waals surface area contributed by atoms with Crippen LogP contribution in [0.1, 0.15) is 11.1 Å². The summed E-state index contributed by atoms with van der Waals surface area (Å²) in [6.07, 6.45) is -6.66. The van der Waals surface area contributed by atoms with Crippen molar-refractivity contribution in [2.24, 2.45) is 0 Å². The number of aliphatic hydroxyl groups is 2. The van der Waals surface area contributed by atoms with Crippen molar-refractivity contribution in [2.45, 2.75) is 18.4 Å². The molecule has 1 aliphatic rings. The molecule has 1 fully saturated rings. The maximum atomic E-state index is 13.5. The van der Waals surface area contributed by atoms with Gasteiger partial charge < -0.3 is 15.1 Å². The molecule has 2 aromatic rings. The molecule has 2 aromatic carbocycles. The largest absolute Gasteiger partial charge is 0.417 e. The molecule has 1 saturated heterocycles. The Balaban J connectivity index is 1.89. The minimum Gasteiger partial charge on any atom is -0.388 e. The van der Waals surface area contributed by atoms with Crippen molar-refractivity contribution < 1.29 is 28.2 Å². The fraction of sp³-hybridized carbons (Fsp3) is 0.250. The van der Waals surface area contributed by atoms with Gasteiger partial charge in [0, 0.05) is 11.5 Å². The van der Waals surface area contributed by atoms with Crippen LogP contribution in [0, 0.1) is 11.8 Å². The number of hydrogen-bond acceptors (Lipinski definition) is 3. The van der Waals surface area contributed by atoms with Crippen molar-refractivity contribution in [3.8, 4) is 23.0 Å². The number of rotatable bonds is 1. The van der Waals surface area contributed by atoms with Gasteiger partial charge in [0.15, 0.2) is 0 Å². The minimum atomic E-state index is -4.57. The molecule has 0 aliphatic carbocycles. The van der Waals surface area contributed by atoms with Crippen LogP contribution in [0.15, 0.2) is 48.5 Å². The second-order valence-electron chi connectivity index (χ2n) is 6.22. The second kappa shape index (κ2) is 7.43. The maximum absolute atomic E-state index is 13.5. The van der Waals surface area contributed by atoms with Gasteiger partial charge in [-0.15, -0.1) is 0 Å². The number of hydrogen-bond donors (Lipinski definition) is 2. The Bertz CT molecular complexity index is 890. The minimum absolute atomic E-state index is 0.0331. The first kappa shape index (κ1) is 19.0. The number of carbonyl (C=O) groups is 1. The van der Waals surface area contributed by atoms with Gasteiger partial charge in [-0.2, -0.15) is 13.2 Å². The van der Waals surface area contributed by atoms with Crippen LogP contribution in [-0.4, -0.2) is 46.3 Å². The predicted octanol–water partition coefficient (Wildman–Crippen LogP) is 2.29. The van der Waals surface area contributed by atoms with E-state index in [1.165, 1.54) is 12.1 Å². The van der Waals surface area contributed by atoms with Gasteiger partial charge in [-0.05, 0) is 23.3 Å². The number of carbonyl (C=O) groups excluding carboxylic acids is 1. The lowest BCUT2D eigenvalue weighted by atomic mass is 9.97. The molecule has 0 saturated carbocycles. The molecule has 140 valence electrons.